The van der Waals surface area contributed by atoms with Gasteiger partial charge in [-0.15, -0.1) is 0 Å². The summed E-state index contributed by atoms with van der Waals surface area (Å²) in [6.07, 6.45) is 0.702. The zero-order chi connectivity index (χ0) is 27.6. The molecule has 206 valence electrons. The molecule has 2 amide bonds. The van der Waals surface area contributed by atoms with Gasteiger partial charge < -0.3 is 29.9 Å². The summed E-state index contributed by atoms with van der Waals surface area (Å²) in [6, 6.07) is 18.6. The highest BCUT2D eigenvalue weighted by Gasteiger charge is 2.24. The number of amides is 2. The van der Waals surface area contributed by atoms with Crippen LogP contribution in [0, 0.1) is 5.82 Å². The minimum Gasteiger partial charge on any atom is -0.495 e. The number of rotatable bonds is 11. The van der Waals surface area contributed by atoms with E-state index < -0.39 is 5.82 Å². The smallest absolute Gasteiger partial charge is 0.255 e. The molecule has 3 aromatic carbocycles. The van der Waals surface area contributed by atoms with E-state index in [4.69, 9.17) is 9.47 Å². The molecular weight excluding hydrogens is 499 g/mol. The summed E-state index contributed by atoms with van der Waals surface area (Å²) < 4.78 is 24.2. The molecule has 3 aromatic rings. The molecule has 9 heteroatoms. The number of carbonyl (C=O) groups is 2. The van der Waals surface area contributed by atoms with Crippen LogP contribution in [0.2, 0.25) is 0 Å². The fraction of sp³-hybridized carbons (Fsp3) is 0.333. The summed E-state index contributed by atoms with van der Waals surface area (Å²) >= 11 is 0. The highest BCUT2D eigenvalue weighted by Crippen LogP contribution is 2.31. The molecule has 1 aliphatic heterocycles. The molecule has 0 aromatic heterocycles. The van der Waals surface area contributed by atoms with Crippen LogP contribution in [0.5, 0.6) is 5.75 Å². The van der Waals surface area contributed by atoms with Gasteiger partial charge in [0, 0.05) is 62.9 Å². The molecule has 0 saturated carbocycles. The van der Waals surface area contributed by atoms with Crippen molar-refractivity contribution in [1.82, 2.24) is 5.32 Å². The van der Waals surface area contributed by atoms with E-state index >= 15 is 0 Å². The molecule has 39 heavy (non-hydrogen) atoms. The van der Waals surface area contributed by atoms with Gasteiger partial charge in [0.25, 0.3) is 11.8 Å². The van der Waals surface area contributed by atoms with E-state index in [0.717, 1.165) is 30.2 Å². The molecule has 1 heterocycles. The Balaban J connectivity index is 1.51. The number of para-hydroxylation sites is 2. The minimum atomic E-state index is -0.412. The van der Waals surface area contributed by atoms with Crippen molar-refractivity contribution in [3.8, 4) is 5.75 Å². The van der Waals surface area contributed by atoms with Crippen LogP contribution in [0.1, 0.15) is 34.1 Å². The number of piperazine rings is 1. The Morgan fingerprint density at radius 2 is 1.59 bits per heavy atom. The number of benzene rings is 3. The van der Waals surface area contributed by atoms with Gasteiger partial charge in [-0.25, -0.2) is 4.39 Å². The average molecular weight is 535 g/mol. The number of carbonyl (C=O) groups excluding carboxylic acids is 2. The zero-order valence-corrected chi connectivity index (χ0v) is 22.4. The van der Waals surface area contributed by atoms with Crippen LogP contribution in [0.15, 0.2) is 66.7 Å². The van der Waals surface area contributed by atoms with Crippen molar-refractivity contribution in [2.24, 2.45) is 0 Å². The summed E-state index contributed by atoms with van der Waals surface area (Å²) in [6.45, 7) is 6.57. The number of nitrogens with zero attached hydrogens (tertiary/aromatic N) is 2. The van der Waals surface area contributed by atoms with Crippen LogP contribution in [0.4, 0.5) is 21.5 Å². The van der Waals surface area contributed by atoms with E-state index in [1.54, 1.807) is 19.2 Å². The van der Waals surface area contributed by atoms with Gasteiger partial charge in [0.1, 0.15) is 11.6 Å². The number of ether oxygens (including phenoxy) is 2. The third-order valence-electron chi connectivity index (χ3n) is 6.61. The number of anilines is 3. The van der Waals surface area contributed by atoms with Crippen molar-refractivity contribution in [3.63, 3.8) is 0 Å². The Bertz CT molecular complexity index is 1260. The standard InChI is InChI=1S/C30H35FN4O4/c1-3-39-20-6-15-32-30(37)25-21-24(33-29(36)22-9-11-23(31)12-10-22)13-14-26(25)34-16-18-35(19-17-34)27-7-4-5-8-28(27)38-2/h4-5,7-14,21H,3,6,15-20H2,1-2H3,(H,32,37)(H,33,36). The molecule has 1 fully saturated rings. The molecule has 0 bridgehead atoms. The van der Waals surface area contributed by atoms with E-state index in [0.29, 0.717) is 56.1 Å². The van der Waals surface area contributed by atoms with Crippen molar-refractivity contribution >= 4 is 28.9 Å². The van der Waals surface area contributed by atoms with Gasteiger partial charge in [-0.2, -0.15) is 0 Å². The summed E-state index contributed by atoms with van der Waals surface area (Å²) in [4.78, 5) is 30.5. The molecule has 2 N–H and O–H groups in total. The van der Waals surface area contributed by atoms with Crippen LogP contribution < -0.4 is 25.2 Å². The second kappa shape index (κ2) is 13.6. The highest BCUT2D eigenvalue weighted by molar-refractivity contribution is 6.06. The van der Waals surface area contributed by atoms with Gasteiger partial charge in [-0.3, -0.25) is 9.59 Å². The Morgan fingerprint density at radius 1 is 0.897 bits per heavy atom. The highest BCUT2D eigenvalue weighted by atomic mass is 19.1. The summed E-state index contributed by atoms with van der Waals surface area (Å²) in [5.41, 5.74) is 3.15. The van der Waals surface area contributed by atoms with E-state index in [1.165, 1.54) is 24.3 Å². The topological polar surface area (TPSA) is 83.1 Å². The van der Waals surface area contributed by atoms with E-state index in [-0.39, 0.29) is 11.8 Å². The van der Waals surface area contributed by atoms with E-state index in [1.807, 2.05) is 37.3 Å². The van der Waals surface area contributed by atoms with Gasteiger partial charge in [0.15, 0.2) is 0 Å². The first-order chi connectivity index (χ1) is 19.0. The van der Waals surface area contributed by atoms with Crippen molar-refractivity contribution in [2.75, 3.05) is 68.2 Å². The first-order valence-corrected chi connectivity index (χ1v) is 13.2. The van der Waals surface area contributed by atoms with Crippen molar-refractivity contribution < 1.29 is 23.5 Å². The largest absolute Gasteiger partial charge is 0.495 e. The fourth-order valence-corrected chi connectivity index (χ4v) is 4.57. The number of nitrogens with one attached hydrogen (secondary N) is 2. The van der Waals surface area contributed by atoms with Crippen molar-refractivity contribution in [2.45, 2.75) is 13.3 Å². The van der Waals surface area contributed by atoms with Crippen LogP contribution in [-0.4, -0.2) is 64.9 Å². The Hall–Kier alpha value is -4.11. The maximum Gasteiger partial charge on any atom is 0.255 e. The number of hydrogen-bond acceptors (Lipinski definition) is 6. The van der Waals surface area contributed by atoms with Gasteiger partial charge in [0.2, 0.25) is 0 Å². The Morgan fingerprint density at radius 3 is 2.28 bits per heavy atom. The van der Waals surface area contributed by atoms with Gasteiger partial charge in [-0.05, 0) is 67.9 Å². The molecule has 1 aliphatic rings. The summed E-state index contributed by atoms with van der Waals surface area (Å²) in [5.74, 6) is -0.174. The van der Waals surface area contributed by atoms with Crippen LogP contribution in [0.3, 0.4) is 0 Å². The average Bonchev–Trinajstić information content (AvgIpc) is 2.97. The molecule has 8 nitrogen and oxygen atoms in total. The second-order valence-corrected chi connectivity index (χ2v) is 9.15. The van der Waals surface area contributed by atoms with E-state index in [9.17, 15) is 14.0 Å². The number of halogens is 1. The van der Waals surface area contributed by atoms with Crippen LogP contribution in [-0.2, 0) is 4.74 Å². The third kappa shape index (κ3) is 7.26. The molecule has 0 spiro atoms. The SMILES string of the molecule is CCOCCCNC(=O)c1cc(NC(=O)c2ccc(F)cc2)ccc1N1CCN(c2ccccc2OC)CC1. The van der Waals surface area contributed by atoms with Crippen LogP contribution >= 0.6 is 0 Å². The summed E-state index contributed by atoms with van der Waals surface area (Å²) in [7, 11) is 1.67. The predicted octanol–water partition coefficient (Wildman–Crippen LogP) is 4.57. The van der Waals surface area contributed by atoms with Gasteiger partial charge in [-0.1, -0.05) is 12.1 Å². The molecule has 4 rings (SSSR count). The summed E-state index contributed by atoms with van der Waals surface area (Å²) in [5, 5.41) is 5.80. The lowest BCUT2D eigenvalue weighted by Gasteiger charge is -2.38. The second-order valence-electron chi connectivity index (χ2n) is 9.15. The van der Waals surface area contributed by atoms with Gasteiger partial charge >= 0.3 is 0 Å². The Labute approximate surface area is 228 Å². The Kier molecular flexibility index (Phi) is 9.74. The van der Waals surface area contributed by atoms with Crippen molar-refractivity contribution in [1.29, 1.82) is 0 Å². The maximum atomic E-state index is 13.3. The molecular formula is C30H35FN4O4. The minimum absolute atomic E-state index is 0.216. The quantitative estimate of drug-likeness (QED) is 0.351. The lowest BCUT2D eigenvalue weighted by molar-refractivity contribution is 0.0943. The predicted molar refractivity (Wildman–Crippen MR) is 152 cm³/mol. The molecule has 0 radical (unpaired) electrons. The molecule has 0 unspecified atom stereocenters. The number of hydrogen-bond donors (Lipinski definition) is 2. The lowest BCUT2D eigenvalue weighted by atomic mass is 10.1. The lowest BCUT2D eigenvalue weighted by Crippen LogP contribution is -2.47. The zero-order valence-electron chi connectivity index (χ0n) is 22.4. The van der Waals surface area contributed by atoms with Gasteiger partial charge in [0.05, 0.1) is 18.4 Å². The van der Waals surface area contributed by atoms with Crippen LogP contribution in [0.25, 0.3) is 0 Å². The van der Waals surface area contributed by atoms with E-state index in [2.05, 4.69) is 20.4 Å². The van der Waals surface area contributed by atoms with Crippen molar-refractivity contribution in [3.05, 3.63) is 83.7 Å². The molecule has 0 aliphatic carbocycles. The third-order valence-corrected chi connectivity index (χ3v) is 6.61. The fourth-order valence-electron chi connectivity index (χ4n) is 4.57. The first-order valence-electron chi connectivity index (χ1n) is 13.2. The first kappa shape index (κ1) is 27.9. The normalized spacial score (nSPS) is 13.2. The monoisotopic (exact) mass is 534 g/mol. The number of methoxy groups -OCH3 is 1. The molecule has 0 atom stereocenters. The maximum absolute atomic E-state index is 13.3. The molecule has 1 saturated heterocycles.